The van der Waals surface area contributed by atoms with Crippen molar-refractivity contribution in [1.29, 1.82) is 0 Å². The second-order valence-electron chi connectivity index (χ2n) is 6.48. The van der Waals surface area contributed by atoms with Gasteiger partial charge in [0.2, 0.25) is 5.91 Å². The van der Waals surface area contributed by atoms with Crippen LogP contribution >= 0.6 is 0 Å². The molecule has 0 radical (unpaired) electrons. The molecule has 1 aliphatic heterocycles. The number of carbonyl (C=O) groups is 1. The highest BCUT2D eigenvalue weighted by Crippen LogP contribution is 2.23. The molecule has 0 bridgehead atoms. The van der Waals surface area contributed by atoms with Gasteiger partial charge in [0.15, 0.2) is 0 Å². The van der Waals surface area contributed by atoms with Gasteiger partial charge >= 0.3 is 0 Å². The van der Waals surface area contributed by atoms with Crippen molar-refractivity contribution in [1.82, 2.24) is 19.4 Å². The van der Waals surface area contributed by atoms with Crippen LogP contribution in [0.25, 0.3) is 11.4 Å². The lowest BCUT2D eigenvalue weighted by atomic mass is 9.91. The summed E-state index contributed by atoms with van der Waals surface area (Å²) in [5.74, 6) is 1.71. The molecule has 1 atom stereocenters. The molecule has 0 saturated carbocycles. The van der Waals surface area contributed by atoms with Crippen LogP contribution in [0.2, 0.25) is 0 Å². The summed E-state index contributed by atoms with van der Waals surface area (Å²) in [6.45, 7) is 5.43. The SMILES string of the molecule is CC(=O)N1CCC[C@H](Cc2ccnc(-c3cnc(C)n3C)c2)C1. The standard InChI is InChI=1S/C18H24N4O/c1-13-20-11-18(21(13)3)17-10-15(6-7-19-17)9-16-5-4-8-22(12-16)14(2)23/h6-7,10-11,16H,4-5,8-9,12H2,1-3H3/t16-/m1/s1. The van der Waals surface area contributed by atoms with Gasteiger partial charge in [0, 0.05) is 33.3 Å². The molecule has 2 aromatic heterocycles. The Bertz CT molecular complexity index is 707. The van der Waals surface area contributed by atoms with Crippen LogP contribution in [0.15, 0.2) is 24.5 Å². The normalized spacial score (nSPS) is 18.2. The van der Waals surface area contributed by atoms with Crippen molar-refractivity contribution in [3.8, 4) is 11.4 Å². The summed E-state index contributed by atoms with van der Waals surface area (Å²) in [6, 6.07) is 4.24. The van der Waals surface area contributed by atoms with Gasteiger partial charge in [0.05, 0.1) is 17.6 Å². The van der Waals surface area contributed by atoms with E-state index in [1.807, 2.05) is 31.3 Å². The fraction of sp³-hybridized carbons (Fsp3) is 0.500. The molecule has 0 unspecified atom stereocenters. The third kappa shape index (κ3) is 3.44. The van der Waals surface area contributed by atoms with Crippen molar-refractivity contribution < 1.29 is 4.79 Å². The average Bonchev–Trinajstić information content (AvgIpc) is 2.87. The van der Waals surface area contributed by atoms with E-state index in [1.165, 1.54) is 12.0 Å². The van der Waals surface area contributed by atoms with Crippen molar-refractivity contribution in [3.05, 3.63) is 35.9 Å². The number of hydrogen-bond acceptors (Lipinski definition) is 3. The van der Waals surface area contributed by atoms with E-state index < -0.39 is 0 Å². The Morgan fingerprint density at radius 1 is 1.39 bits per heavy atom. The van der Waals surface area contributed by atoms with E-state index in [0.717, 1.165) is 43.1 Å². The van der Waals surface area contributed by atoms with Crippen molar-refractivity contribution in [2.24, 2.45) is 13.0 Å². The fourth-order valence-corrected chi connectivity index (χ4v) is 3.33. The summed E-state index contributed by atoms with van der Waals surface area (Å²) < 4.78 is 2.06. The fourth-order valence-electron chi connectivity index (χ4n) is 3.33. The molecule has 0 spiro atoms. The van der Waals surface area contributed by atoms with E-state index in [2.05, 4.69) is 26.7 Å². The Labute approximate surface area is 137 Å². The summed E-state index contributed by atoms with van der Waals surface area (Å²) in [5.41, 5.74) is 3.28. The average molecular weight is 312 g/mol. The zero-order chi connectivity index (χ0) is 16.4. The molecular weight excluding hydrogens is 288 g/mol. The summed E-state index contributed by atoms with van der Waals surface area (Å²) in [4.78, 5) is 22.4. The number of hydrogen-bond donors (Lipinski definition) is 0. The summed E-state index contributed by atoms with van der Waals surface area (Å²) >= 11 is 0. The second-order valence-corrected chi connectivity index (χ2v) is 6.48. The maximum atomic E-state index is 11.6. The maximum Gasteiger partial charge on any atom is 0.219 e. The number of likely N-dealkylation sites (tertiary alicyclic amines) is 1. The van der Waals surface area contributed by atoms with Gasteiger partial charge in [-0.25, -0.2) is 4.98 Å². The highest BCUT2D eigenvalue weighted by Gasteiger charge is 2.22. The van der Waals surface area contributed by atoms with Crippen LogP contribution in [0.5, 0.6) is 0 Å². The van der Waals surface area contributed by atoms with Crippen LogP contribution in [-0.4, -0.2) is 38.4 Å². The van der Waals surface area contributed by atoms with E-state index in [0.29, 0.717) is 5.92 Å². The first-order chi connectivity index (χ1) is 11.0. The molecule has 1 saturated heterocycles. The number of imidazole rings is 1. The molecule has 1 fully saturated rings. The van der Waals surface area contributed by atoms with Crippen LogP contribution in [-0.2, 0) is 18.3 Å². The predicted octanol–water partition coefficient (Wildman–Crippen LogP) is 2.59. The van der Waals surface area contributed by atoms with Gasteiger partial charge in [0.25, 0.3) is 0 Å². The molecule has 0 aromatic carbocycles. The van der Waals surface area contributed by atoms with Crippen LogP contribution in [0.1, 0.15) is 31.2 Å². The monoisotopic (exact) mass is 312 g/mol. The van der Waals surface area contributed by atoms with Gasteiger partial charge in [-0.05, 0) is 49.8 Å². The summed E-state index contributed by atoms with van der Waals surface area (Å²) in [6.07, 6.45) is 7.03. The smallest absolute Gasteiger partial charge is 0.219 e. The zero-order valence-corrected chi connectivity index (χ0v) is 14.1. The maximum absolute atomic E-state index is 11.6. The van der Waals surface area contributed by atoms with Gasteiger partial charge < -0.3 is 9.47 Å². The molecule has 3 rings (SSSR count). The van der Waals surface area contributed by atoms with Gasteiger partial charge in [-0.1, -0.05) is 0 Å². The predicted molar refractivity (Wildman–Crippen MR) is 89.9 cm³/mol. The number of carbonyl (C=O) groups excluding carboxylic acids is 1. The first kappa shape index (κ1) is 15.7. The lowest BCUT2D eigenvalue weighted by molar-refractivity contribution is -0.130. The number of aryl methyl sites for hydroxylation is 1. The first-order valence-corrected chi connectivity index (χ1v) is 8.23. The zero-order valence-electron chi connectivity index (χ0n) is 14.1. The number of nitrogens with zero attached hydrogens (tertiary/aromatic N) is 4. The van der Waals surface area contributed by atoms with Gasteiger partial charge in [-0.3, -0.25) is 9.78 Å². The van der Waals surface area contributed by atoms with Crippen LogP contribution in [0.4, 0.5) is 0 Å². The van der Waals surface area contributed by atoms with Crippen LogP contribution in [0, 0.1) is 12.8 Å². The van der Waals surface area contributed by atoms with Crippen LogP contribution in [0.3, 0.4) is 0 Å². The third-order valence-corrected chi connectivity index (χ3v) is 4.80. The van der Waals surface area contributed by atoms with Gasteiger partial charge in [-0.2, -0.15) is 0 Å². The molecule has 3 heterocycles. The molecule has 0 aliphatic carbocycles. The Hall–Kier alpha value is -2.17. The Kier molecular flexibility index (Phi) is 4.46. The molecule has 5 heteroatoms. The molecule has 5 nitrogen and oxygen atoms in total. The molecule has 122 valence electrons. The van der Waals surface area contributed by atoms with E-state index in [-0.39, 0.29) is 5.91 Å². The van der Waals surface area contributed by atoms with E-state index in [1.54, 1.807) is 6.92 Å². The minimum atomic E-state index is 0.190. The second kappa shape index (κ2) is 6.52. The van der Waals surface area contributed by atoms with E-state index in [9.17, 15) is 4.79 Å². The highest BCUT2D eigenvalue weighted by atomic mass is 16.2. The summed E-state index contributed by atoms with van der Waals surface area (Å²) in [7, 11) is 2.01. The lowest BCUT2D eigenvalue weighted by Crippen LogP contribution is -2.39. The van der Waals surface area contributed by atoms with Gasteiger partial charge in [-0.15, -0.1) is 0 Å². The van der Waals surface area contributed by atoms with Crippen molar-refractivity contribution in [2.75, 3.05) is 13.1 Å². The van der Waals surface area contributed by atoms with Crippen molar-refractivity contribution in [2.45, 2.75) is 33.1 Å². The minimum absolute atomic E-state index is 0.190. The Balaban J connectivity index is 1.75. The Morgan fingerprint density at radius 2 is 2.22 bits per heavy atom. The molecule has 2 aromatic rings. The molecule has 1 aliphatic rings. The molecular formula is C18H24N4O. The third-order valence-electron chi connectivity index (χ3n) is 4.80. The molecule has 1 amide bonds. The highest BCUT2D eigenvalue weighted by molar-refractivity contribution is 5.73. The quantitative estimate of drug-likeness (QED) is 0.875. The Morgan fingerprint density at radius 3 is 2.91 bits per heavy atom. The largest absolute Gasteiger partial charge is 0.343 e. The van der Waals surface area contributed by atoms with Gasteiger partial charge in [0.1, 0.15) is 5.82 Å². The first-order valence-electron chi connectivity index (χ1n) is 8.23. The molecule has 0 N–H and O–H groups in total. The number of aromatic nitrogens is 3. The summed E-state index contributed by atoms with van der Waals surface area (Å²) in [5, 5.41) is 0. The number of pyridine rings is 1. The van der Waals surface area contributed by atoms with E-state index >= 15 is 0 Å². The molecule has 23 heavy (non-hydrogen) atoms. The number of piperidine rings is 1. The minimum Gasteiger partial charge on any atom is -0.343 e. The van der Waals surface area contributed by atoms with Crippen molar-refractivity contribution >= 4 is 5.91 Å². The van der Waals surface area contributed by atoms with E-state index in [4.69, 9.17) is 0 Å². The number of amides is 1. The van der Waals surface area contributed by atoms with Crippen LogP contribution < -0.4 is 0 Å². The lowest BCUT2D eigenvalue weighted by Gasteiger charge is -2.32. The number of rotatable bonds is 3. The van der Waals surface area contributed by atoms with Crippen molar-refractivity contribution in [3.63, 3.8) is 0 Å². The topological polar surface area (TPSA) is 51.0 Å².